The molecule has 0 spiro atoms. The van der Waals surface area contributed by atoms with Crippen LogP contribution in [-0.4, -0.2) is 85.4 Å². The first-order valence-electron chi connectivity index (χ1n) is 18.1. The number of methoxy groups -OCH3 is 1. The molecule has 4 aliphatic rings. The van der Waals surface area contributed by atoms with Gasteiger partial charge in [-0.3, -0.25) is 14.5 Å². The largest absolute Gasteiger partial charge is 0.497 e. The van der Waals surface area contributed by atoms with Gasteiger partial charge < -0.3 is 19.3 Å². The minimum atomic E-state index is -4.53. The van der Waals surface area contributed by atoms with E-state index in [1.807, 2.05) is 44.7 Å². The molecule has 0 unspecified atom stereocenters. The monoisotopic (exact) mass is 701 g/mol. The smallest absolute Gasteiger partial charge is 0.416 e. The van der Waals surface area contributed by atoms with Crippen molar-refractivity contribution < 1.29 is 36.6 Å². The molecular weight excluding hydrogens is 650 g/mol. The van der Waals surface area contributed by atoms with Crippen LogP contribution in [0.15, 0.2) is 42.5 Å². The number of nitrogens with zero attached hydrogens (tertiary/aromatic N) is 3. The predicted molar refractivity (Wildman–Crippen MR) is 184 cm³/mol. The molecule has 0 radical (unpaired) electrons. The van der Waals surface area contributed by atoms with Gasteiger partial charge in [0.05, 0.1) is 18.6 Å². The van der Waals surface area contributed by atoms with E-state index in [0.717, 1.165) is 42.9 Å². The number of rotatable bonds is 7. The van der Waals surface area contributed by atoms with E-state index in [4.69, 9.17) is 9.47 Å². The van der Waals surface area contributed by atoms with Crippen molar-refractivity contribution in [1.82, 2.24) is 9.80 Å². The summed E-state index contributed by atoms with van der Waals surface area (Å²) in [6.45, 7) is 9.24. The molecular formula is C39H51F4N3O4. The van der Waals surface area contributed by atoms with E-state index in [1.54, 1.807) is 24.1 Å². The molecule has 0 bridgehead atoms. The van der Waals surface area contributed by atoms with Crippen LogP contribution in [0.4, 0.5) is 23.2 Å². The molecule has 3 saturated heterocycles. The molecule has 50 heavy (non-hydrogen) atoms. The third-order valence-corrected chi connectivity index (χ3v) is 11.3. The minimum absolute atomic E-state index is 0.0286. The molecule has 274 valence electrons. The summed E-state index contributed by atoms with van der Waals surface area (Å²) in [5, 5.41) is 0. The van der Waals surface area contributed by atoms with Crippen LogP contribution in [0.2, 0.25) is 0 Å². The highest BCUT2D eigenvalue weighted by Crippen LogP contribution is 2.47. The van der Waals surface area contributed by atoms with E-state index < -0.39 is 34.8 Å². The summed E-state index contributed by atoms with van der Waals surface area (Å²) in [6, 6.07) is 11.4. The van der Waals surface area contributed by atoms with Gasteiger partial charge in [-0.2, -0.15) is 13.2 Å². The Bertz CT molecular complexity index is 1530. The van der Waals surface area contributed by atoms with Crippen molar-refractivity contribution in [3.05, 3.63) is 59.2 Å². The van der Waals surface area contributed by atoms with E-state index in [0.29, 0.717) is 50.5 Å². The average Bonchev–Trinajstić information content (AvgIpc) is 3.83. The number of hydrogen-bond donors (Lipinski definition) is 0. The number of likely N-dealkylation sites (tertiary alicyclic amines) is 2. The van der Waals surface area contributed by atoms with Crippen LogP contribution < -0.4 is 9.64 Å². The lowest BCUT2D eigenvalue weighted by molar-refractivity contribution is -0.160. The first-order valence-corrected chi connectivity index (χ1v) is 18.1. The highest BCUT2D eigenvalue weighted by molar-refractivity contribution is 5.88. The van der Waals surface area contributed by atoms with Crippen molar-refractivity contribution in [2.24, 2.45) is 11.8 Å². The van der Waals surface area contributed by atoms with Gasteiger partial charge in [-0.1, -0.05) is 38.0 Å². The summed E-state index contributed by atoms with van der Waals surface area (Å²) in [6.07, 6.45) is 0.578. The predicted octanol–water partition coefficient (Wildman–Crippen LogP) is 7.58. The number of halogens is 4. The van der Waals surface area contributed by atoms with Crippen LogP contribution in [0.5, 0.6) is 5.75 Å². The number of hydrogen-bond acceptors (Lipinski definition) is 6. The summed E-state index contributed by atoms with van der Waals surface area (Å²) >= 11 is 0. The lowest BCUT2D eigenvalue weighted by Gasteiger charge is -2.36. The molecule has 1 aliphatic carbocycles. The van der Waals surface area contributed by atoms with E-state index in [9.17, 15) is 22.8 Å². The Morgan fingerprint density at radius 2 is 1.56 bits per heavy atom. The molecule has 4 fully saturated rings. The van der Waals surface area contributed by atoms with E-state index in [2.05, 4.69) is 4.90 Å². The average molecular weight is 702 g/mol. The van der Waals surface area contributed by atoms with Crippen LogP contribution in [0.1, 0.15) is 94.7 Å². The zero-order valence-electron chi connectivity index (χ0n) is 29.9. The van der Waals surface area contributed by atoms with Crippen molar-refractivity contribution in [3.8, 4) is 5.75 Å². The Balaban J connectivity index is 1.25. The molecule has 0 N–H and O–H groups in total. The van der Waals surface area contributed by atoms with Gasteiger partial charge >= 0.3 is 12.1 Å². The Morgan fingerprint density at radius 3 is 2.16 bits per heavy atom. The third-order valence-electron chi connectivity index (χ3n) is 11.3. The summed E-state index contributed by atoms with van der Waals surface area (Å²) in [5.74, 6) is -1.53. The molecule has 2 aromatic rings. The fraction of sp³-hybridized carbons (Fsp3) is 0.641. The van der Waals surface area contributed by atoms with Gasteiger partial charge in [0, 0.05) is 62.8 Å². The van der Waals surface area contributed by atoms with Gasteiger partial charge in [-0.15, -0.1) is 0 Å². The first kappa shape index (κ1) is 36.5. The van der Waals surface area contributed by atoms with Crippen LogP contribution in [-0.2, 0) is 20.5 Å². The molecule has 2 aromatic carbocycles. The van der Waals surface area contributed by atoms with Gasteiger partial charge in [0.1, 0.15) is 11.4 Å². The van der Waals surface area contributed by atoms with E-state index in [-0.39, 0.29) is 42.9 Å². The topological polar surface area (TPSA) is 62.3 Å². The second-order valence-corrected chi connectivity index (χ2v) is 15.9. The molecule has 11 heteroatoms. The minimum Gasteiger partial charge on any atom is -0.497 e. The number of carbonyl (C=O) groups excluding carboxylic acids is 2. The second-order valence-electron chi connectivity index (χ2n) is 15.9. The Labute approximate surface area is 293 Å². The lowest BCUT2D eigenvalue weighted by Crippen LogP contribution is -2.50. The van der Waals surface area contributed by atoms with E-state index in [1.165, 1.54) is 12.1 Å². The molecule has 3 aliphatic heterocycles. The Hall–Kier alpha value is -3.34. The number of benzene rings is 2. The highest BCUT2D eigenvalue weighted by Gasteiger charge is 2.57. The SMILES string of the molecule is COc1ccc([C@@H]2CN(C3CCCC3)C[C@@]2(F)C(=O)N2C[C@H](c3ccc(C(F)(F)F)cc3N3CCC(C(=O)OC(C)(C)C)CC3)[C@@H](C)C2)cc1. The summed E-state index contributed by atoms with van der Waals surface area (Å²) in [4.78, 5) is 32.9. The zero-order valence-corrected chi connectivity index (χ0v) is 29.9. The number of esters is 1. The van der Waals surface area contributed by atoms with E-state index >= 15 is 4.39 Å². The van der Waals surface area contributed by atoms with Crippen molar-refractivity contribution in [2.75, 3.05) is 51.3 Å². The van der Waals surface area contributed by atoms with Crippen molar-refractivity contribution >= 4 is 17.6 Å². The number of amides is 1. The van der Waals surface area contributed by atoms with Gasteiger partial charge in [-0.05, 0) is 87.8 Å². The van der Waals surface area contributed by atoms with Gasteiger partial charge in [0.2, 0.25) is 5.67 Å². The van der Waals surface area contributed by atoms with Crippen LogP contribution in [0.3, 0.4) is 0 Å². The maximum absolute atomic E-state index is 17.6. The molecule has 6 rings (SSSR count). The van der Waals surface area contributed by atoms with Gasteiger partial charge in [-0.25, -0.2) is 4.39 Å². The van der Waals surface area contributed by atoms with Crippen LogP contribution in [0.25, 0.3) is 0 Å². The third kappa shape index (κ3) is 7.48. The first-order chi connectivity index (χ1) is 23.6. The van der Waals surface area contributed by atoms with Crippen molar-refractivity contribution in [3.63, 3.8) is 0 Å². The normalized spacial score (nSPS) is 27.3. The summed E-state index contributed by atoms with van der Waals surface area (Å²) < 4.78 is 70.5. The molecule has 1 amide bonds. The summed E-state index contributed by atoms with van der Waals surface area (Å²) in [5.41, 5.74) is -1.57. The standard InChI is InChI=1S/C39H51F4N3O4/c1-25-21-45(36(48)38(40)24-46(29-8-6-7-9-29)23-33(38)26-10-13-30(49-5)14-11-26)22-32(25)31-15-12-28(39(41,42)43)20-34(31)44-18-16-27(17-19-44)35(47)50-37(2,3)4/h10-15,20,25,27,29,32-33H,6-9,16-19,21-24H2,1-5H3/t25-,32-,33-,38-/m0/s1. The molecule has 7 nitrogen and oxygen atoms in total. The number of piperidine rings is 1. The second kappa shape index (κ2) is 14.0. The quantitative estimate of drug-likeness (QED) is 0.219. The zero-order chi connectivity index (χ0) is 36.0. The van der Waals surface area contributed by atoms with Crippen molar-refractivity contribution in [1.29, 1.82) is 0 Å². The van der Waals surface area contributed by atoms with Crippen LogP contribution in [0, 0.1) is 11.8 Å². The summed E-state index contributed by atoms with van der Waals surface area (Å²) in [7, 11) is 1.58. The van der Waals surface area contributed by atoms with Crippen LogP contribution >= 0.6 is 0 Å². The van der Waals surface area contributed by atoms with Gasteiger partial charge in [0.25, 0.3) is 5.91 Å². The Kier molecular flexibility index (Phi) is 10.2. The molecule has 3 heterocycles. The molecule has 1 saturated carbocycles. The number of carbonyl (C=O) groups is 2. The fourth-order valence-electron chi connectivity index (χ4n) is 8.67. The number of anilines is 1. The van der Waals surface area contributed by atoms with Gasteiger partial charge in [0.15, 0.2) is 0 Å². The van der Waals surface area contributed by atoms with Crippen molar-refractivity contribution in [2.45, 2.75) is 102 Å². The number of ether oxygens (including phenoxy) is 2. The maximum atomic E-state index is 17.6. The lowest BCUT2D eigenvalue weighted by atomic mass is 9.85. The number of alkyl halides is 4. The maximum Gasteiger partial charge on any atom is 0.416 e. The Morgan fingerprint density at radius 1 is 0.900 bits per heavy atom. The molecule has 0 aromatic heterocycles. The molecule has 4 atom stereocenters. The fourth-order valence-corrected chi connectivity index (χ4v) is 8.67. The highest BCUT2D eigenvalue weighted by atomic mass is 19.4.